The maximum atomic E-state index is 12.9. The van der Waals surface area contributed by atoms with Crippen molar-refractivity contribution in [2.75, 3.05) is 33.4 Å². The highest BCUT2D eigenvalue weighted by Gasteiger charge is 2.33. The molecule has 2 N–H and O–H groups in total. The third kappa shape index (κ3) is 5.82. The lowest BCUT2D eigenvalue weighted by Gasteiger charge is -2.35. The first-order chi connectivity index (χ1) is 17.0. The van der Waals surface area contributed by atoms with E-state index in [9.17, 15) is 14.4 Å². The number of carbonyl (C=O) groups excluding carboxylic acids is 2. The van der Waals surface area contributed by atoms with Crippen LogP contribution in [0.1, 0.15) is 42.7 Å². The van der Waals surface area contributed by atoms with Gasteiger partial charge in [0.15, 0.2) is 0 Å². The first kappa shape index (κ1) is 24.7. The predicted octanol–water partition coefficient (Wildman–Crippen LogP) is 3.64. The molecule has 8 heteroatoms. The fourth-order valence-electron chi connectivity index (χ4n) is 4.94. The Morgan fingerprint density at radius 2 is 1.69 bits per heavy atom. The maximum Gasteiger partial charge on any atom is 0.407 e. The predicted molar refractivity (Wildman–Crippen MR) is 130 cm³/mol. The van der Waals surface area contributed by atoms with E-state index in [4.69, 9.17) is 14.6 Å². The summed E-state index contributed by atoms with van der Waals surface area (Å²) in [4.78, 5) is 38.1. The van der Waals surface area contributed by atoms with Crippen molar-refractivity contribution in [3.8, 4) is 11.1 Å². The van der Waals surface area contributed by atoms with Crippen LogP contribution in [0.5, 0.6) is 0 Å². The average Bonchev–Trinajstić information content (AvgIpc) is 3.12. The zero-order valence-electron chi connectivity index (χ0n) is 19.9. The molecule has 2 amide bonds. The molecular weight excluding hydrogens is 448 g/mol. The van der Waals surface area contributed by atoms with Gasteiger partial charge in [0.05, 0.1) is 6.61 Å². The number of ether oxygens (including phenoxy) is 2. The molecule has 186 valence electrons. The molecule has 0 bridgehead atoms. The van der Waals surface area contributed by atoms with Crippen molar-refractivity contribution in [1.29, 1.82) is 0 Å². The highest BCUT2D eigenvalue weighted by Crippen LogP contribution is 2.44. The highest BCUT2D eigenvalue weighted by molar-refractivity contribution is 5.82. The first-order valence-electron chi connectivity index (χ1n) is 12.1. The van der Waals surface area contributed by atoms with E-state index in [0.717, 1.165) is 41.5 Å². The molecule has 0 aliphatic heterocycles. The molecule has 0 aromatic heterocycles. The normalized spacial score (nSPS) is 15.5. The fraction of sp³-hybridized carbons (Fsp3) is 0.444. The van der Waals surface area contributed by atoms with Gasteiger partial charge in [0, 0.05) is 32.0 Å². The van der Waals surface area contributed by atoms with Gasteiger partial charge in [-0.05, 0) is 41.0 Å². The minimum absolute atomic E-state index is 0.0336. The van der Waals surface area contributed by atoms with Gasteiger partial charge in [0.2, 0.25) is 5.91 Å². The molecule has 0 saturated heterocycles. The van der Waals surface area contributed by atoms with E-state index >= 15 is 0 Å². The Balaban J connectivity index is 1.39. The fourth-order valence-corrected chi connectivity index (χ4v) is 4.94. The summed E-state index contributed by atoms with van der Waals surface area (Å²) in [5.41, 5.74) is 4.58. The number of alkyl carbamates (subject to hydrolysis) is 1. The Morgan fingerprint density at radius 1 is 1.06 bits per heavy atom. The summed E-state index contributed by atoms with van der Waals surface area (Å²) in [5.74, 6) is -1.27. The number of nitrogens with zero attached hydrogens (tertiary/aromatic N) is 1. The number of methoxy groups -OCH3 is 1. The Labute approximate surface area is 205 Å². The maximum absolute atomic E-state index is 12.9. The third-order valence-electron chi connectivity index (χ3n) is 7.00. The van der Waals surface area contributed by atoms with Gasteiger partial charge in [-0.15, -0.1) is 0 Å². The van der Waals surface area contributed by atoms with Crippen LogP contribution in [0.15, 0.2) is 48.5 Å². The number of benzene rings is 2. The molecule has 1 fully saturated rings. The first-order valence-corrected chi connectivity index (χ1v) is 12.1. The van der Waals surface area contributed by atoms with Crippen LogP contribution < -0.4 is 5.32 Å². The van der Waals surface area contributed by atoms with Gasteiger partial charge >= 0.3 is 12.1 Å². The molecule has 2 aromatic rings. The van der Waals surface area contributed by atoms with Crippen molar-refractivity contribution < 1.29 is 29.0 Å². The van der Waals surface area contributed by atoms with Crippen LogP contribution in [-0.4, -0.2) is 67.4 Å². The van der Waals surface area contributed by atoms with E-state index < -0.39 is 24.6 Å². The molecule has 8 nitrogen and oxygen atoms in total. The van der Waals surface area contributed by atoms with E-state index in [2.05, 4.69) is 29.6 Å². The Kier molecular flexibility index (Phi) is 8.02. The van der Waals surface area contributed by atoms with Gasteiger partial charge in [-0.2, -0.15) is 0 Å². The summed E-state index contributed by atoms with van der Waals surface area (Å²) in [7, 11) is 1.50. The quantitative estimate of drug-likeness (QED) is 0.509. The van der Waals surface area contributed by atoms with E-state index in [1.807, 2.05) is 24.3 Å². The van der Waals surface area contributed by atoms with Crippen molar-refractivity contribution in [1.82, 2.24) is 10.2 Å². The second-order valence-electron chi connectivity index (χ2n) is 9.17. The van der Waals surface area contributed by atoms with Gasteiger partial charge in [-0.3, -0.25) is 9.59 Å². The van der Waals surface area contributed by atoms with Crippen LogP contribution in [0.25, 0.3) is 11.1 Å². The van der Waals surface area contributed by atoms with Gasteiger partial charge in [-0.25, -0.2) is 4.79 Å². The summed E-state index contributed by atoms with van der Waals surface area (Å²) in [6.45, 7) is 0.228. The van der Waals surface area contributed by atoms with Crippen molar-refractivity contribution in [3.63, 3.8) is 0 Å². The topological polar surface area (TPSA) is 105 Å². The van der Waals surface area contributed by atoms with E-state index in [-0.39, 0.29) is 43.9 Å². The van der Waals surface area contributed by atoms with Crippen LogP contribution in [0.3, 0.4) is 0 Å². The molecule has 35 heavy (non-hydrogen) atoms. The van der Waals surface area contributed by atoms with Crippen LogP contribution in [-0.2, 0) is 19.1 Å². The molecule has 2 aliphatic rings. The zero-order chi connectivity index (χ0) is 24.8. The number of carbonyl (C=O) groups is 3. The number of hydrogen-bond acceptors (Lipinski definition) is 5. The van der Waals surface area contributed by atoms with E-state index in [0.29, 0.717) is 0 Å². The molecule has 1 saturated carbocycles. The summed E-state index contributed by atoms with van der Waals surface area (Å²) in [6, 6.07) is 15.9. The van der Waals surface area contributed by atoms with Crippen molar-refractivity contribution in [2.45, 2.75) is 37.6 Å². The molecule has 0 spiro atoms. The zero-order valence-corrected chi connectivity index (χ0v) is 19.9. The van der Waals surface area contributed by atoms with Crippen LogP contribution in [0.4, 0.5) is 4.79 Å². The lowest BCUT2D eigenvalue weighted by Crippen LogP contribution is -2.48. The second-order valence-corrected chi connectivity index (χ2v) is 9.17. The number of nitrogens with one attached hydrogen (secondary N) is 1. The smallest absolute Gasteiger partial charge is 0.407 e. The monoisotopic (exact) mass is 480 g/mol. The molecule has 2 aromatic carbocycles. The molecule has 0 heterocycles. The molecule has 2 aliphatic carbocycles. The molecule has 1 unspecified atom stereocenters. The van der Waals surface area contributed by atoms with Crippen LogP contribution in [0, 0.1) is 5.92 Å². The number of hydrogen-bond donors (Lipinski definition) is 2. The highest BCUT2D eigenvalue weighted by atomic mass is 16.5. The minimum Gasteiger partial charge on any atom is -0.480 e. The number of rotatable bonds is 11. The van der Waals surface area contributed by atoms with Gasteiger partial charge in [0.1, 0.15) is 13.2 Å². The van der Waals surface area contributed by atoms with Crippen molar-refractivity contribution >= 4 is 18.0 Å². The Morgan fingerprint density at radius 3 is 2.23 bits per heavy atom. The summed E-state index contributed by atoms with van der Waals surface area (Å²) < 4.78 is 10.7. The molecule has 4 rings (SSSR count). The molecular formula is C27H32N2O6. The number of amides is 2. The standard InChI is InChI=1S/C27H32N2O6/c1-34-14-13-29(16-26(31)32)25(30)15-24(18-7-6-8-18)28-27(33)35-17-23-21-11-4-2-9-19(21)20-10-3-5-12-22(20)23/h2-5,9-12,18,23-24H,6-8,13-17H2,1H3,(H,28,33)(H,31,32). The third-order valence-corrected chi connectivity index (χ3v) is 7.00. The van der Waals surface area contributed by atoms with Crippen molar-refractivity contribution in [3.05, 3.63) is 59.7 Å². The summed E-state index contributed by atoms with van der Waals surface area (Å²) in [6.07, 6.45) is 2.35. The summed E-state index contributed by atoms with van der Waals surface area (Å²) in [5, 5.41) is 12.1. The minimum atomic E-state index is -1.08. The average molecular weight is 481 g/mol. The molecule has 0 radical (unpaired) electrons. The van der Waals surface area contributed by atoms with E-state index in [1.165, 1.54) is 12.0 Å². The van der Waals surface area contributed by atoms with Gasteiger partial charge in [-0.1, -0.05) is 55.0 Å². The lowest BCUT2D eigenvalue weighted by molar-refractivity contribution is -0.145. The van der Waals surface area contributed by atoms with E-state index in [1.54, 1.807) is 0 Å². The largest absolute Gasteiger partial charge is 0.480 e. The van der Waals surface area contributed by atoms with Crippen molar-refractivity contribution in [2.24, 2.45) is 5.92 Å². The van der Waals surface area contributed by atoms with Crippen LogP contribution >= 0.6 is 0 Å². The van der Waals surface area contributed by atoms with Gasteiger partial charge < -0.3 is 24.8 Å². The number of aliphatic carboxylic acids is 1. The molecule has 1 atom stereocenters. The number of carboxylic acids is 1. The Hall–Kier alpha value is -3.39. The summed E-state index contributed by atoms with van der Waals surface area (Å²) >= 11 is 0. The number of carboxylic acid groups (broad SMARTS) is 1. The lowest BCUT2D eigenvalue weighted by atomic mass is 9.78. The van der Waals surface area contributed by atoms with Gasteiger partial charge in [0.25, 0.3) is 0 Å². The Bertz CT molecular complexity index is 1020. The SMILES string of the molecule is COCCN(CC(=O)O)C(=O)CC(NC(=O)OCC1c2ccccc2-c2ccccc21)C1CCC1. The second kappa shape index (κ2) is 11.4. The van der Waals surface area contributed by atoms with Crippen LogP contribution in [0.2, 0.25) is 0 Å². The number of fused-ring (bicyclic) bond motifs is 3.